The molecule has 3 fully saturated rings. The highest BCUT2D eigenvalue weighted by Gasteiger charge is 2.41. The van der Waals surface area contributed by atoms with Gasteiger partial charge in [0.05, 0.1) is 49.8 Å². The molecule has 1 saturated carbocycles. The fraction of sp³-hybridized carbons (Fsp3) is 0.462. The Bertz CT molecular complexity index is 1960. The van der Waals surface area contributed by atoms with Crippen LogP contribution in [0.3, 0.4) is 0 Å². The van der Waals surface area contributed by atoms with Crippen molar-refractivity contribution in [3.8, 4) is 5.75 Å². The lowest BCUT2D eigenvalue weighted by atomic mass is 10.0. The number of piperazine rings is 1. The average molecular weight is 754 g/mol. The molecule has 16 nitrogen and oxygen atoms in total. The number of fused-ring (bicyclic) bond motifs is 1. The zero-order valence-corrected chi connectivity index (χ0v) is 31.0. The normalized spacial score (nSPS) is 18.9. The summed E-state index contributed by atoms with van der Waals surface area (Å²) in [4.78, 5) is 64.3. The maximum Gasteiger partial charge on any atom is 0.257 e. The molecular formula is C39H47N9O7. The minimum Gasteiger partial charge on any atom is -0.488 e. The molecule has 55 heavy (non-hydrogen) atoms. The smallest absolute Gasteiger partial charge is 0.257 e. The number of anilines is 3. The van der Waals surface area contributed by atoms with Crippen molar-refractivity contribution in [3.05, 3.63) is 71.2 Å². The minimum absolute atomic E-state index is 0.0219. The number of nitrogens with one attached hydrogen (secondary N) is 3. The topological polar surface area (TPSA) is 205 Å². The Kier molecular flexibility index (Phi) is 11.2. The van der Waals surface area contributed by atoms with Crippen LogP contribution in [-0.2, 0) is 30.4 Å². The molecule has 1 aromatic heterocycles. The van der Waals surface area contributed by atoms with Crippen molar-refractivity contribution in [3.63, 3.8) is 0 Å². The highest BCUT2D eigenvalue weighted by molar-refractivity contribution is 6.13. The highest BCUT2D eigenvalue weighted by atomic mass is 16.5. The number of aromatic nitrogens is 2. The maximum absolute atomic E-state index is 13.2. The highest BCUT2D eigenvalue weighted by Crippen LogP contribution is 2.40. The van der Waals surface area contributed by atoms with Gasteiger partial charge in [0.25, 0.3) is 5.91 Å². The molecular weight excluding hydrogens is 706 g/mol. The standard InChI is InChI=1S/C39H47N9O7/c1-39(10-11-39)55-26-5-6-28(40)27(21-26)36(41)30-22-32(44-24-43-30)46-13-15-47(16-14-46)34(50)9-17-53-19-20-54-18-12-42-29-4-2-3-25-23-48(38(52)35(25)29)31-7-8-33(49)45-37(31)51/h2-6,21-22,24,31,41-42H,7-20,23,40H2,1H3,(H,45,49,51). The molecule has 7 rings (SSSR count). The van der Waals surface area contributed by atoms with Gasteiger partial charge in [0.15, 0.2) is 0 Å². The number of imide groups is 1. The van der Waals surface area contributed by atoms with E-state index in [1.54, 1.807) is 18.2 Å². The number of hydrogen-bond donors (Lipinski definition) is 4. The van der Waals surface area contributed by atoms with E-state index < -0.39 is 11.9 Å². The number of hydrogen-bond acceptors (Lipinski definition) is 13. The number of amides is 4. The molecule has 1 atom stereocenters. The Labute approximate surface area is 319 Å². The predicted octanol–water partition coefficient (Wildman–Crippen LogP) is 2.35. The Hall–Kier alpha value is -5.61. The van der Waals surface area contributed by atoms with Crippen molar-refractivity contribution >= 4 is 46.5 Å². The fourth-order valence-corrected chi connectivity index (χ4v) is 7.02. The zero-order valence-electron chi connectivity index (χ0n) is 31.0. The summed E-state index contributed by atoms with van der Waals surface area (Å²) in [7, 11) is 0. The van der Waals surface area contributed by atoms with E-state index in [-0.39, 0.29) is 48.5 Å². The molecule has 290 valence electrons. The first kappa shape index (κ1) is 37.7. The van der Waals surface area contributed by atoms with Crippen LogP contribution in [0.15, 0.2) is 48.8 Å². The molecule has 16 heteroatoms. The van der Waals surface area contributed by atoms with Gasteiger partial charge in [-0.05, 0) is 56.0 Å². The van der Waals surface area contributed by atoms with Crippen LogP contribution in [0.1, 0.15) is 66.2 Å². The Morgan fingerprint density at radius 3 is 2.56 bits per heavy atom. The number of benzene rings is 2. The molecule has 4 aliphatic rings. The van der Waals surface area contributed by atoms with Gasteiger partial charge in [-0.2, -0.15) is 0 Å². The molecule has 1 unspecified atom stereocenters. The molecule has 2 aromatic carbocycles. The summed E-state index contributed by atoms with van der Waals surface area (Å²) < 4.78 is 17.4. The number of nitrogen functional groups attached to an aromatic ring is 1. The van der Waals surface area contributed by atoms with Crippen LogP contribution >= 0.6 is 0 Å². The lowest BCUT2D eigenvalue weighted by molar-refractivity contribution is -0.137. The molecule has 0 spiro atoms. The second kappa shape index (κ2) is 16.4. The van der Waals surface area contributed by atoms with Crippen LogP contribution in [0.5, 0.6) is 5.75 Å². The summed E-state index contributed by atoms with van der Waals surface area (Å²) in [6.07, 6.45) is 4.26. The third-order valence-corrected chi connectivity index (χ3v) is 10.4. The van der Waals surface area contributed by atoms with Crippen molar-refractivity contribution in [1.82, 2.24) is 25.1 Å². The Morgan fingerprint density at radius 1 is 1.02 bits per heavy atom. The maximum atomic E-state index is 13.2. The van der Waals surface area contributed by atoms with Crippen LogP contribution in [0.2, 0.25) is 0 Å². The van der Waals surface area contributed by atoms with Gasteiger partial charge in [-0.25, -0.2) is 9.97 Å². The molecule has 0 bridgehead atoms. The summed E-state index contributed by atoms with van der Waals surface area (Å²) in [5.74, 6) is 0.420. The first-order valence-electron chi connectivity index (χ1n) is 18.8. The van der Waals surface area contributed by atoms with Crippen LogP contribution in [-0.4, -0.2) is 120 Å². The van der Waals surface area contributed by atoms with Gasteiger partial charge in [-0.1, -0.05) is 12.1 Å². The van der Waals surface area contributed by atoms with E-state index in [1.165, 1.54) is 11.2 Å². The number of piperidine rings is 1. The van der Waals surface area contributed by atoms with E-state index in [2.05, 4.69) is 32.4 Å². The van der Waals surface area contributed by atoms with E-state index in [0.717, 1.165) is 18.4 Å². The van der Waals surface area contributed by atoms with Crippen LogP contribution in [0.25, 0.3) is 0 Å². The van der Waals surface area contributed by atoms with Gasteiger partial charge >= 0.3 is 0 Å². The van der Waals surface area contributed by atoms with Crippen LogP contribution in [0, 0.1) is 5.41 Å². The van der Waals surface area contributed by atoms with Crippen molar-refractivity contribution in [2.24, 2.45) is 0 Å². The van der Waals surface area contributed by atoms with Gasteiger partial charge in [-0.15, -0.1) is 0 Å². The number of rotatable bonds is 16. The third-order valence-electron chi connectivity index (χ3n) is 10.4. The first-order valence-corrected chi connectivity index (χ1v) is 18.8. The Balaban J connectivity index is 0.779. The molecule has 3 aromatic rings. The molecule has 3 aliphatic heterocycles. The lowest BCUT2D eigenvalue weighted by Crippen LogP contribution is -2.52. The monoisotopic (exact) mass is 753 g/mol. The Morgan fingerprint density at radius 2 is 1.80 bits per heavy atom. The van der Waals surface area contributed by atoms with E-state index in [4.69, 9.17) is 25.4 Å². The number of nitrogens with zero attached hydrogens (tertiary/aromatic N) is 5. The molecule has 4 heterocycles. The summed E-state index contributed by atoms with van der Waals surface area (Å²) in [5.41, 5.74) is 9.83. The largest absolute Gasteiger partial charge is 0.488 e. The SMILES string of the molecule is CC1(Oc2ccc(N)c(C(=N)c3cc(N4CCN(C(=O)CCOCCOCCNc5cccc6c5C(=O)N(C5CCC(=O)NC5=O)C6)CC4)ncn3)c2)CC1. The van der Waals surface area contributed by atoms with E-state index in [1.807, 2.05) is 29.2 Å². The van der Waals surface area contributed by atoms with E-state index in [9.17, 15) is 19.2 Å². The number of ether oxygens (including phenoxy) is 3. The second-order valence-corrected chi connectivity index (χ2v) is 14.4. The summed E-state index contributed by atoms with van der Waals surface area (Å²) >= 11 is 0. The third kappa shape index (κ3) is 8.86. The van der Waals surface area contributed by atoms with Gasteiger partial charge in [0.1, 0.15) is 29.5 Å². The average Bonchev–Trinajstić information content (AvgIpc) is 3.82. The van der Waals surface area contributed by atoms with Crippen molar-refractivity contribution in [2.75, 3.05) is 75.1 Å². The van der Waals surface area contributed by atoms with Crippen molar-refractivity contribution < 1.29 is 33.4 Å². The summed E-state index contributed by atoms with van der Waals surface area (Å²) in [6, 6.07) is 12.1. The molecule has 2 saturated heterocycles. The van der Waals surface area contributed by atoms with Gasteiger partial charge in [0.2, 0.25) is 17.7 Å². The lowest BCUT2D eigenvalue weighted by Gasteiger charge is -2.35. The van der Waals surface area contributed by atoms with Gasteiger partial charge in [-0.3, -0.25) is 29.9 Å². The molecule has 4 amide bonds. The summed E-state index contributed by atoms with van der Waals surface area (Å²) in [5, 5.41) is 14.4. The number of nitrogens with two attached hydrogens (primary N) is 1. The first-order chi connectivity index (χ1) is 26.6. The van der Waals surface area contributed by atoms with Crippen LogP contribution in [0.4, 0.5) is 17.2 Å². The van der Waals surface area contributed by atoms with Crippen molar-refractivity contribution in [1.29, 1.82) is 5.41 Å². The van der Waals surface area contributed by atoms with Gasteiger partial charge < -0.3 is 40.0 Å². The second-order valence-electron chi connectivity index (χ2n) is 14.4. The molecule has 5 N–H and O–H groups in total. The van der Waals surface area contributed by atoms with E-state index in [0.29, 0.717) is 105 Å². The quantitative estimate of drug-likeness (QED) is 0.0721. The van der Waals surface area contributed by atoms with Crippen molar-refractivity contribution in [2.45, 2.75) is 57.2 Å². The number of carbonyl (C=O) groups excluding carboxylic acids is 4. The minimum atomic E-state index is -0.658. The number of carbonyl (C=O) groups is 4. The van der Waals surface area contributed by atoms with E-state index >= 15 is 0 Å². The molecule has 0 radical (unpaired) electrons. The molecule has 1 aliphatic carbocycles. The fourth-order valence-electron chi connectivity index (χ4n) is 7.02. The van der Waals surface area contributed by atoms with Gasteiger partial charge in [0, 0.05) is 68.7 Å². The summed E-state index contributed by atoms with van der Waals surface area (Å²) in [6.45, 7) is 6.50. The zero-order chi connectivity index (χ0) is 38.5. The predicted molar refractivity (Wildman–Crippen MR) is 203 cm³/mol. The van der Waals surface area contributed by atoms with Crippen LogP contribution < -0.4 is 26.0 Å².